The third-order valence-corrected chi connectivity index (χ3v) is 4.90. The molecule has 2 rings (SSSR count). The second-order valence-electron chi connectivity index (χ2n) is 3.94. The van der Waals surface area contributed by atoms with E-state index in [-0.39, 0.29) is 10.6 Å². The number of thioether (sulfide) groups is 1. The molecule has 1 N–H and O–H groups in total. The Balaban J connectivity index is 1.93. The molecule has 0 unspecified atom stereocenters. The van der Waals surface area contributed by atoms with Crippen LogP contribution >= 0.6 is 50.6 Å². The van der Waals surface area contributed by atoms with Crippen molar-refractivity contribution in [2.75, 3.05) is 18.2 Å². The highest BCUT2D eigenvalue weighted by Crippen LogP contribution is 2.24. The topological polar surface area (TPSA) is 68.3 Å². The minimum absolute atomic E-state index is 0.235. The molecule has 1 amide bonds. The van der Waals surface area contributed by atoms with Crippen LogP contribution in [0.15, 0.2) is 33.1 Å². The molecule has 9 heteroatoms. The number of nitrogens with zero attached hydrogens (tertiary/aromatic N) is 1. The number of rotatable bonds is 5. The lowest BCUT2D eigenvalue weighted by Gasteiger charge is -2.07. The maximum atomic E-state index is 12.0. The van der Waals surface area contributed by atoms with Gasteiger partial charge < -0.3 is 4.74 Å². The van der Waals surface area contributed by atoms with Gasteiger partial charge in [0.1, 0.15) is 0 Å². The van der Waals surface area contributed by atoms with Crippen molar-refractivity contribution in [3.05, 3.63) is 38.8 Å². The summed E-state index contributed by atoms with van der Waals surface area (Å²) in [7, 11) is 0. The first kappa shape index (κ1) is 17.3. The van der Waals surface area contributed by atoms with Gasteiger partial charge in [0.15, 0.2) is 11.7 Å². The van der Waals surface area contributed by atoms with Crippen LogP contribution in [0.5, 0.6) is 0 Å². The van der Waals surface area contributed by atoms with Crippen LogP contribution in [0.3, 0.4) is 0 Å². The average Bonchev–Trinajstić information content (AvgIpc) is 2.90. The summed E-state index contributed by atoms with van der Waals surface area (Å²) in [6.07, 6.45) is 3.46. The van der Waals surface area contributed by atoms with Crippen molar-refractivity contribution in [2.45, 2.75) is 4.90 Å². The molecular weight excluding hydrogens is 412 g/mol. The number of esters is 1. The SMILES string of the molecule is CSc1ccc(Cl)c(C(=O)OCC(=O)Nc2ncc(Br)s2)c1. The molecule has 0 spiro atoms. The Morgan fingerprint density at radius 3 is 2.91 bits per heavy atom. The summed E-state index contributed by atoms with van der Waals surface area (Å²) in [4.78, 5) is 28.5. The standard InChI is InChI=1S/C13H10BrClN2O3S2/c1-21-7-2-3-9(15)8(4-7)12(19)20-6-11(18)17-13-16-5-10(14)22-13/h2-5H,6H2,1H3,(H,16,17,18). The zero-order valence-electron chi connectivity index (χ0n) is 11.3. The van der Waals surface area contributed by atoms with E-state index >= 15 is 0 Å². The minimum Gasteiger partial charge on any atom is -0.452 e. The van der Waals surface area contributed by atoms with Crippen LogP contribution in [0.4, 0.5) is 5.13 Å². The number of halogens is 2. The number of amides is 1. The van der Waals surface area contributed by atoms with Gasteiger partial charge in [-0.15, -0.1) is 11.8 Å². The van der Waals surface area contributed by atoms with Crippen molar-refractivity contribution in [3.8, 4) is 0 Å². The summed E-state index contributed by atoms with van der Waals surface area (Å²) in [5.74, 6) is -1.11. The Hall–Kier alpha value is -1.09. The number of hydrogen-bond acceptors (Lipinski definition) is 6. The van der Waals surface area contributed by atoms with Gasteiger partial charge in [0.05, 0.1) is 20.6 Å². The van der Waals surface area contributed by atoms with Crippen LogP contribution in [-0.4, -0.2) is 29.7 Å². The predicted octanol–water partition coefficient (Wildman–Crippen LogP) is 4.08. The second-order valence-corrected chi connectivity index (χ2v) is 7.64. The molecule has 0 bridgehead atoms. The van der Waals surface area contributed by atoms with Crippen LogP contribution in [0.25, 0.3) is 0 Å². The van der Waals surface area contributed by atoms with Gasteiger partial charge in [-0.2, -0.15) is 0 Å². The van der Waals surface area contributed by atoms with E-state index in [1.54, 1.807) is 24.4 Å². The molecule has 22 heavy (non-hydrogen) atoms. The molecule has 2 aromatic rings. The molecule has 0 saturated carbocycles. The van der Waals surface area contributed by atoms with Crippen LogP contribution in [0.1, 0.15) is 10.4 Å². The molecule has 0 aliphatic carbocycles. The van der Waals surface area contributed by atoms with Gasteiger partial charge in [-0.05, 0) is 40.4 Å². The number of nitrogens with one attached hydrogen (secondary N) is 1. The number of hydrogen-bond donors (Lipinski definition) is 1. The number of thiazole rings is 1. The summed E-state index contributed by atoms with van der Waals surface area (Å²) in [6.45, 7) is -0.407. The first-order valence-corrected chi connectivity index (χ1v) is 9.12. The average molecular weight is 422 g/mol. The highest BCUT2D eigenvalue weighted by molar-refractivity contribution is 9.11. The zero-order valence-corrected chi connectivity index (χ0v) is 15.2. The molecular formula is C13H10BrClN2O3S2. The number of benzene rings is 1. The number of anilines is 1. The minimum atomic E-state index is -0.642. The van der Waals surface area contributed by atoms with E-state index in [0.29, 0.717) is 5.13 Å². The summed E-state index contributed by atoms with van der Waals surface area (Å²) in [5, 5.41) is 3.24. The van der Waals surface area contributed by atoms with E-state index in [0.717, 1.165) is 8.68 Å². The molecule has 0 aliphatic rings. The van der Waals surface area contributed by atoms with E-state index in [4.69, 9.17) is 16.3 Å². The Kier molecular flexibility index (Phi) is 6.25. The van der Waals surface area contributed by atoms with Gasteiger partial charge in [0.2, 0.25) is 0 Å². The van der Waals surface area contributed by atoms with Crippen molar-refractivity contribution in [3.63, 3.8) is 0 Å². The molecule has 0 atom stereocenters. The van der Waals surface area contributed by atoms with E-state index in [1.807, 2.05) is 6.26 Å². The Morgan fingerprint density at radius 1 is 1.50 bits per heavy atom. The van der Waals surface area contributed by atoms with Gasteiger partial charge in [-0.3, -0.25) is 10.1 Å². The first-order chi connectivity index (χ1) is 10.5. The zero-order chi connectivity index (χ0) is 16.1. The summed E-state index contributed by atoms with van der Waals surface area (Å²) < 4.78 is 5.76. The number of carbonyl (C=O) groups excluding carboxylic acids is 2. The quantitative estimate of drug-likeness (QED) is 0.582. The highest BCUT2D eigenvalue weighted by Gasteiger charge is 2.15. The lowest BCUT2D eigenvalue weighted by molar-refractivity contribution is -0.119. The van der Waals surface area contributed by atoms with E-state index < -0.39 is 18.5 Å². The molecule has 0 saturated heterocycles. The third kappa shape index (κ3) is 4.70. The fourth-order valence-corrected chi connectivity index (χ4v) is 3.22. The maximum absolute atomic E-state index is 12.0. The maximum Gasteiger partial charge on any atom is 0.340 e. The number of carbonyl (C=O) groups is 2. The summed E-state index contributed by atoms with van der Waals surface area (Å²) in [5.41, 5.74) is 0.235. The first-order valence-electron chi connectivity index (χ1n) is 5.91. The monoisotopic (exact) mass is 420 g/mol. The van der Waals surface area contributed by atoms with Crippen LogP contribution in [0, 0.1) is 0 Å². The van der Waals surface area contributed by atoms with Crippen molar-refractivity contribution < 1.29 is 14.3 Å². The highest BCUT2D eigenvalue weighted by atomic mass is 79.9. The lowest BCUT2D eigenvalue weighted by atomic mass is 10.2. The van der Waals surface area contributed by atoms with E-state index in [1.165, 1.54) is 23.1 Å². The molecule has 1 heterocycles. The second kappa shape index (κ2) is 7.96. The van der Waals surface area contributed by atoms with Crippen molar-refractivity contribution in [1.82, 2.24) is 4.98 Å². The van der Waals surface area contributed by atoms with E-state index in [9.17, 15) is 9.59 Å². The largest absolute Gasteiger partial charge is 0.452 e. The van der Waals surface area contributed by atoms with Crippen LogP contribution < -0.4 is 5.32 Å². The van der Waals surface area contributed by atoms with Crippen molar-refractivity contribution in [1.29, 1.82) is 0 Å². The molecule has 0 aliphatic heterocycles. The Morgan fingerprint density at radius 2 is 2.27 bits per heavy atom. The summed E-state index contributed by atoms with van der Waals surface area (Å²) >= 11 is 12.0. The number of aromatic nitrogens is 1. The van der Waals surface area contributed by atoms with Gasteiger partial charge in [-0.1, -0.05) is 22.9 Å². The molecule has 5 nitrogen and oxygen atoms in total. The van der Waals surface area contributed by atoms with Crippen molar-refractivity contribution in [2.24, 2.45) is 0 Å². The van der Waals surface area contributed by atoms with Gasteiger partial charge >= 0.3 is 5.97 Å². The van der Waals surface area contributed by atoms with Gasteiger partial charge in [0.25, 0.3) is 5.91 Å². The molecule has 0 fully saturated rings. The third-order valence-electron chi connectivity index (χ3n) is 2.45. The normalized spacial score (nSPS) is 10.3. The smallest absolute Gasteiger partial charge is 0.340 e. The van der Waals surface area contributed by atoms with Gasteiger partial charge in [-0.25, -0.2) is 9.78 Å². The molecule has 116 valence electrons. The Labute approximate surface area is 148 Å². The van der Waals surface area contributed by atoms with Crippen molar-refractivity contribution >= 4 is 67.6 Å². The molecule has 1 aromatic heterocycles. The van der Waals surface area contributed by atoms with Crippen LogP contribution in [-0.2, 0) is 9.53 Å². The fourth-order valence-electron chi connectivity index (χ4n) is 1.46. The lowest BCUT2D eigenvalue weighted by Crippen LogP contribution is -2.21. The predicted molar refractivity (Wildman–Crippen MR) is 92.0 cm³/mol. The molecule has 0 radical (unpaired) electrons. The molecule has 1 aromatic carbocycles. The van der Waals surface area contributed by atoms with Crippen LogP contribution in [0.2, 0.25) is 5.02 Å². The van der Waals surface area contributed by atoms with E-state index in [2.05, 4.69) is 26.2 Å². The fraction of sp³-hybridized carbons (Fsp3) is 0.154. The Bertz CT molecular complexity index is 708. The summed E-state index contributed by atoms with van der Waals surface area (Å²) in [6, 6.07) is 5.05. The number of ether oxygens (including phenoxy) is 1. The van der Waals surface area contributed by atoms with Gasteiger partial charge in [0, 0.05) is 4.90 Å².